The summed E-state index contributed by atoms with van der Waals surface area (Å²) in [6.07, 6.45) is 5.27. The van der Waals surface area contributed by atoms with Gasteiger partial charge < -0.3 is 14.5 Å². The maximum absolute atomic E-state index is 5.90. The van der Waals surface area contributed by atoms with E-state index in [0.29, 0.717) is 11.3 Å². The van der Waals surface area contributed by atoms with Crippen molar-refractivity contribution in [3.8, 4) is 0 Å². The molecule has 1 aliphatic rings. The quantitative estimate of drug-likeness (QED) is 0.800. The van der Waals surface area contributed by atoms with Crippen LogP contribution in [0.5, 0.6) is 0 Å². The zero-order valence-corrected chi connectivity index (χ0v) is 13.4. The number of ether oxygens (including phenoxy) is 1. The summed E-state index contributed by atoms with van der Waals surface area (Å²) < 4.78 is 11.2. The highest BCUT2D eigenvalue weighted by atomic mass is 16.5. The molecule has 0 saturated carbocycles. The Labute approximate surface area is 123 Å². The zero-order valence-electron chi connectivity index (χ0n) is 13.4. The van der Waals surface area contributed by atoms with Crippen molar-refractivity contribution in [2.24, 2.45) is 11.3 Å². The van der Waals surface area contributed by atoms with E-state index >= 15 is 0 Å². The Hall–Kier alpha value is -0.800. The largest absolute Gasteiger partial charge is 0.468 e. The van der Waals surface area contributed by atoms with E-state index in [2.05, 4.69) is 33.0 Å². The highest BCUT2D eigenvalue weighted by molar-refractivity contribution is 4.98. The van der Waals surface area contributed by atoms with Crippen LogP contribution in [0.15, 0.2) is 22.8 Å². The molecule has 3 nitrogen and oxygen atoms in total. The van der Waals surface area contributed by atoms with Crippen molar-refractivity contribution in [3.63, 3.8) is 0 Å². The average molecular weight is 279 g/mol. The van der Waals surface area contributed by atoms with Gasteiger partial charge in [0, 0.05) is 6.61 Å². The smallest absolute Gasteiger partial charge is 0.117 e. The lowest BCUT2D eigenvalue weighted by Crippen LogP contribution is -2.45. The lowest BCUT2D eigenvalue weighted by molar-refractivity contribution is -0.121. The molecule has 0 spiro atoms. The minimum Gasteiger partial charge on any atom is -0.468 e. The van der Waals surface area contributed by atoms with Gasteiger partial charge in [-0.15, -0.1) is 0 Å². The molecule has 0 bridgehead atoms. The second kappa shape index (κ2) is 6.31. The van der Waals surface area contributed by atoms with E-state index in [0.717, 1.165) is 31.9 Å². The molecule has 1 aromatic rings. The van der Waals surface area contributed by atoms with Gasteiger partial charge >= 0.3 is 0 Å². The van der Waals surface area contributed by atoms with Crippen molar-refractivity contribution >= 4 is 0 Å². The lowest BCUT2D eigenvalue weighted by atomic mass is 9.65. The first kappa shape index (κ1) is 15.6. The minimum absolute atomic E-state index is 0.0174. The number of nitrogens with one attached hydrogen (secondary N) is 1. The molecular formula is C17H29NO2. The van der Waals surface area contributed by atoms with Crippen molar-refractivity contribution in [1.82, 2.24) is 5.32 Å². The Balaban J connectivity index is 1.86. The molecule has 1 aliphatic heterocycles. The van der Waals surface area contributed by atoms with Gasteiger partial charge in [0.2, 0.25) is 0 Å². The number of furan rings is 1. The van der Waals surface area contributed by atoms with Crippen molar-refractivity contribution in [1.29, 1.82) is 0 Å². The van der Waals surface area contributed by atoms with E-state index < -0.39 is 0 Å². The molecule has 0 amide bonds. The highest BCUT2D eigenvalue weighted by Gasteiger charge is 2.42. The van der Waals surface area contributed by atoms with E-state index in [1.54, 1.807) is 6.26 Å². The molecule has 0 unspecified atom stereocenters. The van der Waals surface area contributed by atoms with Crippen LogP contribution in [0.1, 0.15) is 52.7 Å². The molecular weight excluding hydrogens is 250 g/mol. The third kappa shape index (κ3) is 3.86. The third-order valence-electron chi connectivity index (χ3n) is 4.77. The molecule has 0 radical (unpaired) electrons. The lowest BCUT2D eigenvalue weighted by Gasteiger charge is -2.48. The van der Waals surface area contributed by atoms with Crippen LogP contribution < -0.4 is 5.32 Å². The molecule has 20 heavy (non-hydrogen) atoms. The van der Waals surface area contributed by atoms with Gasteiger partial charge in [-0.1, -0.05) is 13.8 Å². The summed E-state index contributed by atoms with van der Waals surface area (Å²) in [7, 11) is 0. The molecule has 1 atom stereocenters. The van der Waals surface area contributed by atoms with Crippen LogP contribution in [0.2, 0.25) is 0 Å². The van der Waals surface area contributed by atoms with E-state index in [-0.39, 0.29) is 5.60 Å². The first-order valence-corrected chi connectivity index (χ1v) is 7.81. The zero-order chi connectivity index (χ0) is 14.6. The van der Waals surface area contributed by atoms with Gasteiger partial charge in [-0.3, -0.25) is 0 Å². The van der Waals surface area contributed by atoms with Gasteiger partial charge in [-0.05, 0) is 63.1 Å². The second-order valence-corrected chi connectivity index (χ2v) is 7.06. The monoisotopic (exact) mass is 279 g/mol. The van der Waals surface area contributed by atoms with Crippen molar-refractivity contribution in [3.05, 3.63) is 24.2 Å². The topological polar surface area (TPSA) is 34.4 Å². The fourth-order valence-electron chi connectivity index (χ4n) is 3.47. The predicted octanol–water partition coefficient (Wildman–Crippen LogP) is 3.99. The summed E-state index contributed by atoms with van der Waals surface area (Å²) in [5.41, 5.74) is 0.418. The standard InChI is InChI=1S/C17H29NO2/c1-14(2)17(8-11-20-16(3,4)13-17)7-9-18-12-15-6-5-10-19-15/h5-6,10,14,18H,7-9,11-13H2,1-4H3/t17-/m0/s1. The molecule has 0 aromatic carbocycles. The van der Waals surface area contributed by atoms with E-state index in [1.807, 2.05) is 12.1 Å². The molecule has 1 fully saturated rings. The molecule has 0 aliphatic carbocycles. The van der Waals surface area contributed by atoms with Crippen LogP contribution in [-0.2, 0) is 11.3 Å². The molecule has 1 N–H and O–H groups in total. The van der Waals surface area contributed by atoms with E-state index in [1.165, 1.54) is 12.8 Å². The number of hydrogen-bond donors (Lipinski definition) is 1. The maximum Gasteiger partial charge on any atom is 0.117 e. The first-order chi connectivity index (χ1) is 9.44. The van der Waals surface area contributed by atoms with Gasteiger partial charge in [0.15, 0.2) is 0 Å². The fourth-order valence-corrected chi connectivity index (χ4v) is 3.47. The van der Waals surface area contributed by atoms with Gasteiger partial charge in [-0.2, -0.15) is 0 Å². The van der Waals surface area contributed by atoms with E-state index in [4.69, 9.17) is 9.15 Å². The fraction of sp³-hybridized carbons (Fsp3) is 0.765. The van der Waals surface area contributed by atoms with Crippen molar-refractivity contribution in [2.45, 2.75) is 59.1 Å². The van der Waals surface area contributed by atoms with Crippen LogP contribution in [0, 0.1) is 11.3 Å². The highest BCUT2D eigenvalue weighted by Crippen LogP contribution is 2.46. The van der Waals surface area contributed by atoms with Gasteiger partial charge in [0.05, 0.1) is 18.4 Å². The average Bonchev–Trinajstić information content (AvgIpc) is 2.86. The molecule has 114 valence electrons. The Morgan fingerprint density at radius 3 is 2.75 bits per heavy atom. The number of rotatable bonds is 6. The Bertz CT molecular complexity index is 397. The maximum atomic E-state index is 5.90. The second-order valence-electron chi connectivity index (χ2n) is 7.06. The summed E-state index contributed by atoms with van der Waals surface area (Å²) in [5.74, 6) is 1.70. The van der Waals surface area contributed by atoms with Crippen LogP contribution >= 0.6 is 0 Å². The van der Waals surface area contributed by atoms with Crippen LogP contribution in [0.4, 0.5) is 0 Å². The molecule has 2 rings (SSSR count). The van der Waals surface area contributed by atoms with Gasteiger partial charge in [0.25, 0.3) is 0 Å². The summed E-state index contributed by atoms with van der Waals surface area (Å²) in [6.45, 7) is 11.9. The Morgan fingerprint density at radius 2 is 2.15 bits per heavy atom. The van der Waals surface area contributed by atoms with Crippen molar-refractivity contribution in [2.75, 3.05) is 13.2 Å². The Kier molecular flexibility index (Phi) is 4.92. The molecule has 1 saturated heterocycles. The normalized spacial score (nSPS) is 26.1. The molecule has 3 heteroatoms. The van der Waals surface area contributed by atoms with Crippen molar-refractivity contribution < 1.29 is 9.15 Å². The summed E-state index contributed by atoms with van der Waals surface area (Å²) in [6, 6.07) is 3.95. The van der Waals surface area contributed by atoms with Crippen LogP contribution in [-0.4, -0.2) is 18.8 Å². The van der Waals surface area contributed by atoms with Gasteiger partial charge in [-0.25, -0.2) is 0 Å². The Morgan fingerprint density at radius 1 is 1.35 bits per heavy atom. The molecule has 2 heterocycles. The van der Waals surface area contributed by atoms with Crippen LogP contribution in [0.3, 0.4) is 0 Å². The van der Waals surface area contributed by atoms with E-state index in [9.17, 15) is 0 Å². The number of hydrogen-bond acceptors (Lipinski definition) is 3. The first-order valence-electron chi connectivity index (χ1n) is 7.81. The minimum atomic E-state index is 0.0174. The predicted molar refractivity (Wildman–Crippen MR) is 81.6 cm³/mol. The molecule has 1 aromatic heterocycles. The van der Waals surface area contributed by atoms with Gasteiger partial charge in [0.1, 0.15) is 5.76 Å². The van der Waals surface area contributed by atoms with Crippen LogP contribution in [0.25, 0.3) is 0 Å². The summed E-state index contributed by atoms with van der Waals surface area (Å²) >= 11 is 0. The summed E-state index contributed by atoms with van der Waals surface area (Å²) in [5, 5.41) is 3.51. The summed E-state index contributed by atoms with van der Waals surface area (Å²) in [4.78, 5) is 0. The third-order valence-corrected chi connectivity index (χ3v) is 4.77. The SMILES string of the molecule is CC(C)[C@@]1(CCNCc2ccco2)CCOC(C)(C)C1.